The Morgan fingerprint density at radius 3 is 2.74 bits per heavy atom. The number of thioether (sulfide) groups is 2. The number of aromatic amines is 1. The molecular weight excluding hydrogens is 526 g/mol. The molecule has 35 heavy (non-hydrogen) atoms. The maximum Gasteiger partial charge on any atom is 0.512 e. The van der Waals surface area contributed by atoms with E-state index in [1.165, 1.54) is 28.9 Å². The van der Waals surface area contributed by atoms with Crippen LogP contribution in [0.4, 0.5) is 9.93 Å². The number of nitrogen functional groups attached to an aromatic ring is 1. The van der Waals surface area contributed by atoms with Crippen LogP contribution in [0.1, 0.15) is 10.5 Å². The molecular formula is C17H15N7O8S3. The van der Waals surface area contributed by atoms with Crippen LogP contribution in [0.3, 0.4) is 0 Å². The Kier molecular flexibility index (Phi) is 6.68. The van der Waals surface area contributed by atoms with Crippen LogP contribution in [0.5, 0.6) is 0 Å². The summed E-state index contributed by atoms with van der Waals surface area (Å²) in [5, 5.41) is 14.7. The molecule has 184 valence electrons. The first-order valence-electron chi connectivity index (χ1n) is 9.50. The van der Waals surface area contributed by atoms with Gasteiger partial charge in [0.05, 0.1) is 0 Å². The number of carboxylic acid groups (broad SMARTS) is 1. The van der Waals surface area contributed by atoms with Gasteiger partial charge in [-0.3, -0.25) is 38.7 Å². The molecule has 2 amide bonds. The number of nitrogens with zero attached hydrogens (tertiary/aromatic N) is 4. The summed E-state index contributed by atoms with van der Waals surface area (Å²) in [5.41, 5.74) is 3.86. The average molecular weight is 542 g/mol. The van der Waals surface area contributed by atoms with Gasteiger partial charge < -0.3 is 20.9 Å². The summed E-state index contributed by atoms with van der Waals surface area (Å²) in [6, 6.07) is -1.09. The zero-order valence-corrected chi connectivity index (χ0v) is 20.0. The monoisotopic (exact) mass is 541 g/mol. The first kappa shape index (κ1) is 24.5. The van der Waals surface area contributed by atoms with Crippen molar-refractivity contribution in [2.45, 2.75) is 16.6 Å². The zero-order valence-electron chi connectivity index (χ0n) is 17.5. The van der Waals surface area contributed by atoms with Gasteiger partial charge in [-0.05, 0) is 0 Å². The summed E-state index contributed by atoms with van der Waals surface area (Å²) in [5.74, 6) is -2.61. The quantitative estimate of drug-likeness (QED) is 0.106. The zero-order chi connectivity index (χ0) is 25.4. The molecule has 2 aliphatic heterocycles. The number of carbonyl (C=O) groups excluding carboxylic acids is 3. The number of carbonyl (C=O) groups is 4. The van der Waals surface area contributed by atoms with Crippen molar-refractivity contribution < 1.29 is 29.0 Å². The van der Waals surface area contributed by atoms with Crippen molar-refractivity contribution in [3.63, 3.8) is 0 Å². The third kappa shape index (κ3) is 4.80. The fourth-order valence-corrected chi connectivity index (χ4v) is 6.08. The Hall–Kier alpha value is -3.64. The lowest BCUT2D eigenvalue weighted by molar-refractivity contribution is -0.148. The van der Waals surface area contributed by atoms with Crippen LogP contribution in [0.2, 0.25) is 0 Å². The minimum absolute atomic E-state index is 0.0825. The summed E-state index contributed by atoms with van der Waals surface area (Å²) in [6.07, 6.45) is -1.65. The molecule has 0 spiro atoms. The molecule has 2 aliphatic rings. The molecule has 0 bridgehead atoms. The van der Waals surface area contributed by atoms with Crippen molar-refractivity contribution >= 4 is 63.7 Å². The van der Waals surface area contributed by atoms with Gasteiger partial charge in [0.1, 0.15) is 17.1 Å². The molecule has 18 heteroatoms. The van der Waals surface area contributed by atoms with Crippen LogP contribution in [0.15, 0.2) is 31.6 Å². The fraction of sp³-hybridized carbons (Fsp3) is 0.294. The summed E-state index contributed by atoms with van der Waals surface area (Å²) in [7, 11) is 1.47. The van der Waals surface area contributed by atoms with E-state index in [1.807, 2.05) is 0 Å². The number of aryl methyl sites for hydroxylation is 1. The van der Waals surface area contributed by atoms with Gasteiger partial charge in [-0.1, -0.05) is 11.8 Å². The highest BCUT2D eigenvalue weighted by Gasteiger charge is 2.54. The van der Waals surface area contributed by atoms with Gasteiger partial charge in [0.15, 0.2) is 10.3 Å². The number of Topliss-reactive ketones (excluding diaryl/α,β-unsaturated/α-hetero) is 1. The van der Waals surface area contributed by atoms with Crippen LogP contribution in [-0.4, -0.2) is 76.4 Å². The van der Waals surface area contributed by atoms with E-state index in [2.05, 4.69) is 20.4 Å². The number of aromatic nitrogens is 4. The fourth-order valence-electron chi connectivity index (χ4n) is 3.17. The number of hydrogen-bond acceptors (Lipinski definition) is 13. The van der Waals surface area contributed by atoms with E-state index in [0.717, 1.165) is 28.0 Å². The van der Waals surface area contributed by atoms with Crippen molar-refractivity contribution in [3.8, 4) is 0 Å². The molecule has 0 aromatic carbocycles. The number of ether oxygens (including phenoxy) is 1. The molecule has 1 saturated heterocycles. The SMILES string of the molecule is Cn1[nH]c(=O)c(=O)nc1SCC1=C(OC(=O)O)N2C(=O)C(NC(=O)C(=O)c3csc(N)n3)[C@@H]2SC1. The van der Waals surface area contributed by atoms with Gasteiger partial charge in [-0.2, -0.15) is 4.98 Å². The van der Waals surface area contributed by atoms with Gasteiger partial charge in [-0.15, -0.1) is 23.1 Å². The molecule has 5 N–H and O–H groups in total. The third-order valence-corrected chi connectivity index (χ3v) is 7.88. The van der Waals surface area contributed by atoms with Crippen molar-refractivity contribution in [3.05, 3.63) is 43.2 Å². The lowest BCUT2D eigenvalue weighted by Crippen LogP contribution is -2.70. The molecule has 2 atom stereocenters. The molecule has 15 nitrogen and oxygen atoms in total. The van der Waals surface area contributed by atoms with E-state index in [0.29, 0.717) is 5.57 Å². The number of ketones is 1. The number of thiazole rings is 1. The van der Waals surface area contributed by atoms with Crippen LogP contribution >= 0.6 is 34.9 Å². The molecule has 2 aromatic heterocycles. The largest absolute Gasteiger partial charge is 0.512 e. The molecule has 0 aliphatic carbocycles. The maximum atomic E-state index is 12.8. The molecule has 4 rings (SSSR count). The Bertz CT molecular complexity index is 1400. The van der Waals surface area contributed by atoms with Gasteiger partial charge in [-0.25, -0.2) is 9.78 Å². The highest BCUT2D eigenvalue weighted by Crippen LogP contribution is 2.41. The first-order valence-corrected chi connectivity index (χ1v) is 12.4. The highest BCUT2D eigenvalue weighted by molar-refractivity contribution is 8.01. The van der Waals surface area contributed by atoms with E-state index in [1.54, 1.807) is 0 Å². The Labute approximate surface area is 206 Å². The standard InChI is InChI=1S/C17H15N7O8S3/c1-23-16(21-10(27)11(28)22-23)35-3-5-2-33-14-7(12(29)24(14)13(5)32-17(30)31)20-9(26)8(25)6-4-34-15(18)19-6/h4,7,14H,2-3H2,1H3,(H2,18,19)(H,20,26)(H,22,28)(H,30,31)/t7?,14-/m0/s1. The smallest absolute Gasteiger partial charge is 0.449 e. The topological polar surface area (TPSA) is 220 Å². The lowest BCUT2D eigenvalue weighted by Gasteiger charge is -2.49. The number of hydrogen-bond donors (Lipinski definition) is 4. The second-order valence-corrected chi connectivity index (χ2v) is 9.96. The van der Waals surface area contributed by atoms with E-state index in [4.69, 9.17) is 10.5 Å². The minimum Gasteiger partial charge on any atom is -0.449 e. The number of anilines is 1. The van der Waals surface area contributed by atoms with Crippen molar-refractivity contribution in [1.29, 1.82) is 0 Å². The van der Waals surface area contributed by atoms with Crippen LogP contribution in [0.25, 0.3) is 0 Å². The van der Waals surface area contributed by atoms with E-state index in [-0.39, 0.29) is 33.4 Å². The van der Waals surface area contributed by atoms with Crippen molar-refractivity contribution in [1.82, 2.24) is 30.0 Å². The third-order valence-electron chi connectivity index (χ3n) is 4.75. The summed E-state index contributed by atoms with van der Waals surface area (Å²) in [6.45, 7) is 0. The highest BCUT2D eigenvalue weighted by atomic mass is 32.2. The molecule has 4 heterocycles. The first-order chi connectivity index (χ1) is 16.6. The van der Waals surface area contributed by atoms with Crippen LogP contribution in [-0.2, 0) is 21.4 Å². The predicted molar refractivity (Wildman–Crippen MR) is 123 cm³/mol. The number of H-pyrrole nitrogens is 1. The lowest BCUT2D eigenvalue weighted by atomic mass is 10.1. The summed E-state index contributed by atoms with van der Waals surface area (Å²) in [4.78, 5) is 80.0. The predicted octanol–water partition coefficient (Wildman–Crippen LogP) is -1.21. The molecule has 2 aromatic rings. The summed E-state index contributed by atoms with van der Waals surface area (Å²) >= 11 is 3.22. The van der Waals surface area contributed by atoms with Crippen LogP contribution in [0, 0.1) is 0 Å². The number of β-lactam (4-membered cyclic amide) rings is 1. The van der Waals surface area contributed by atoms with E-state index < -0.39 is 46.3 Å². The number of rotatable bonds is 7. The molecule has 0 saturated carbocycles. The Balaban J connectivity index is 1.50. The number of nitrogens with two attached hydrogens (primary N) is 1. The summed E-state index contributed by atoms with van der Waals surface area (Å²) < 4.78 is 6.10. The van der Waals surface area contributed by atoms with Crippen molar-refractivity contribution in [2.24, 2.45) is 7.05 Å². The number of amides is 2. The normalized spacial score (nSPS) is 19.1. The Morgan fingerprint density at radius 1 is 1.34 bits per heavy atom. The second-order valence-electron chi connectivity index (χ2n) is 7.03. The minimum atomic E-state index is -1.65. The van der Waals surface area contributed by atoms with E-state index >= 15 is 0 Å². The van der Waals surface area contributed by atoms with E-state index in [9.17, 15) is 33.9 Å². The number of fused-ring (bicyclic) bond motifs is 1. The maximum absolute atomic E-state index is 12.8. The van der Waals surface area contributed by atoms with Gasteiger partial charge >= 0.3 is 17.3 Å². The molecule has 1 fully saturated rings. The van der Waals surface area contributed by atoms with Gasteiger partial charge in [0.25, 0.3) is 17.6 Å². The second kappa shape index (κ2) is 9.55. The van der Waals surface area contributed by atoms with Gasteiger partial charge in [0.2, 0.25) is 5.88 Å². The average Bonchev–Trinajstić information content (AvgIpc) is 3.24. The number of nitrogens with one attached hydrogen (secondary N) is 2. The van der Waals surface area contributed by atoms with Gasteiger partial charge in [0, 0.05) is 29.5 Å². The molecule has 1 unspecified atom stereocenters. The Morgan fingerprint density at radius 2 is 2.09 bits per heavy atom. The van der Waals surface area contributed by atoms with Crippen LogP contribution < -0.4 is 22.2 Å². The molecule has 0 radical (unpaired) electrons. The van der Waals surface area contributed by atoms with Crippen molar-refractivity contribution in [2.75, 3.05) is 17.2 Å².